The minimum absolute atomic E-state index is 0. The summed E-state index contributed by atoms with van der Waals surface area (Å²) >= 11 is 0. The van der Waals surface area contributed by atoms with Crippen LogP contribution in [0.15, 0.2) is 27.8 Å². The number of morpholine rings is 1. The monoisotopic (exact) mass is 507 g/mol. The number of furan rings is 1. The van der Waals surface area contributed by atoms with Gasteiger partial charge in [0.2, 0.25) is 0 Å². The Morgan fingerprint density at radius 3 is 2.43 bits per heavy atom. The predicted octanol–water partition coefficient (Wildman–Crippen LogP) is 2.41. The van der Waals surface area contributed by atoms with Crippen LogP contribution >= 0.6 is 24.0 Å². The van der Waals surface area contributed by atoms with Crippen LogP contribution in [0.2, 0.25) is 0 Å². The van der Waals surface area contributed by atoms with Crippen LogP contribution in [0, 0.1) is 5.92 Å². The summed E-state index contributed by atoms with van der Waals surface area (Å²) in [6.07, 6.45) is 2.88. The van der Waals surface area contributed by atoms with Gasteiger partial charge in [0.25, 0.3) is 0 Å². The number of guanidine groups is 1. The van der Waals surface area contributed by atoms with Crippen molar-refractivity contribution in [3.05, 3.63) is 24.2 Å². The summed E-state index contributed by atoms with van der Waals surface area (Å²) in [4.78, 5) is 9.08. The third kappa shape index (κ3) is 8.26. The highest BCUT2D eigenvalue weighted by Gasteiger charge is 2.22. The Morgan fingerprint density at radius 2 is 1.89 bits per heavy atom. The highest BCUT2D eigenvalue weighted by Crippen LogP contribution is 2.17. The normalized spacial score (nSPS) is 18.0. The molecule has 1 aliphatic rings. The van der Waals surface area contributed by atoms with Gasteiger partial charge in [-0.05, 0) is 38.6 Å². The van der Waals surface area contributed by atoms with E-state index in [1.807, 2.05) is 19.2 Å². The van der Waals surface area contributed by atoms with E-state index in [1.54, 1.807) is 6.26 Å². The van der Waals surface area contributed by atoms with Crippen LogP contribution in [0.3, 0.4) is 0 Å². The van der Waals surface area contributed by atoms with Crippen molar-refractivity contribution in [3.63, 3.8) is 0 Å². The summed E-state index contributed by atoms with van der Waals surface area (Å²) in [5.74, 6) is 2.44. The first-order valence-corrected chi connectivity index (χ1v) is 9.97. The SMILES string of the molecule is CN=C(NCC(c1ccco1)N(C)C)NCC(CC(C)C)N1CCOCC1.I. The average Bonchev–Trinajstić information content (AvgIpc) is 3.17. The zero-order valence-electron chi connectivity index (χ0n) is 18.0. The number of rotatable bonds is 9. The van der Waals surface area contributed by atoms with Crippen molar-refractivity contribution in [2.24, 2.45) is 10.9 Å². The maximum Gasteiger partial charge on any atom is 0.191 e. The molecule has 2 atom stereocenters. The van der Waals surface area contributed by atoms with Crippen molar-refractivity contribution in [3.8, 4) is 0 Å². The van der Waals surface area contributed by atoms with E-state index in [0.29, 0.717) is 12.0 Å². The van der Waals surface area contributed by atoms with Crippen LogP contribution in [0.1, 0.15) is 32.1 Å². The van der Waals surface area contributed by atoms with Gasteiger partial charge in [0, 0.05) is 39.3 Å². The molecule has 2 rings (SSSR count). The minimum Gasteiger partial charge on any atom is -0.468 e. The number of nitrogens with zero attached hydrogens (tertiary/aromatic N) is 3. The Morgan fingerprint density at radius 1 is 1.21 bits per heavy atom. The van der Waals surface area contributed by atoms with Gasteiger partial charge in [-0.25, -0.2) is 0 Å². The van der Waals surface area contributed by atoms with E-state index in [9.17, 15) is 0 Å². The third-order valence-corrected chi connectivity index (χ3v) is 4.99. The fraction of sp³-hybridized carbons (Fsp3) is 0.750. The number of halogens is 1. The van der Waals surface area contributed by atoms with E-state index in [1.165, 1.54) is 0 Å². The standard InChI is InChI=1S/C20H37N5O2.HI/c1-16(2)13-17(25-8-11-26-12-9-25)14-22-20(21-3)23-15-18(24(4)5)19-7-6-10-27-19;/h6-7,10,16-18H,8-9,11-15H2,1-5H3,(H2,21,22,23);1H. The van der Waals surface area contributed by atoms with Gasteiger partial charge in [-0.15, -0.1) is 24.0 Å². The minimum atomic E-state index is 0. The summed E-state index contributed by atoms with van der Waals surface area (Å²) in [5, 5.41) is 6.96. The van der Waals surface area contributed by atoms with Crippen LogP contribution < -0.4 is 10.6 Å². The lowest BCUT2D eigenvalue weighted by Gasteiger charge is -2.36. The highest BCUT2D eigenvalue weighted by atomic mass is 127. The number of nitrogens with one attached hydrogen (secondary N) is 2. The zero-order chi connectivity index (χ0) is 19.6. The molecule has 2 N–H and O–H groups in total. The highest BCUT2D eigenvalue weighted by molar-refractivity contribution is 14.0. The third-order valence-electron chi connectivity index (χ3n) is 4.99. The van der Waals surface area contributed by atoms with Crippen LogP contribution in [-0.2, 0) is 4.74 Å². The molecule has 0 aliphatic carbocycles. The molecule has 7 nitrogen and oxygen atoms in total. The fourth-order valence-electron chi connectivity index (χ4n) is 3.50. The number of likely N-dealkylation sites (N-methyl/N-ethyl adjacent to an activating group) is 1. The lowest BCUT2D eigenvalue weighted by atomic mass is 10.0. The van der Waals surface area contributed by atoms with Gasteiger partial charge in [0.1, 0.15) is 5.76 Å². The van der Waals surface area contributed by atoms with E-state index in [0.717, 1.165) is 57.5 Å². The number of hydrogen-bond acceptors (Lipinski definition) is 5. The lowest BCUT2D eigenvalue weighted by Crippen LogP contribution is -2.51. The molecule has 0 spiro atoms. The van der Waals surface area contributed by atoms with E-state index >= 15 is 0 Å². The molecule has 1 aromatic heterocycles. The Kier molecular flexibility index (Phi) is 12.1. The molecule has 1 saturated heterocycles. The molecular weight excluding hydrogens is 469 g/mol. The van der Waals surface area contributed by atoms with Crippen LogP contribution in [-0.4, -0.2) is 82.3 Å². The molecule has 0 aromatic carbocycles. The van der Waals surface area contributed by atoms with Crippen LogP contribution in [0.25, 0.3) is 0 Å². The molecule has 2 unspecified atom stereocenters. The summed E-state index contributed by atoms with van der Waals surface area (Å²) in [6.45, 7) is 9.85. The van der Waals surface area contributed by atoms with Crippen molar-refractivity contribution >= 4 is 29.9 Å². The first kappa shape index (κ1) is 25.2. The molecule has 2 heterocycles. The van der Waals surface area contributed by atoms with Gasteiger partial charge < -0.3 is 19.8 Å². The Labute approximate surface area is 187 Å². The average molecular weight is 507 g/mol. The van der Waals surface area contributed by atoms with Crippen molar-refractivity contribution in [1.82, 2.24) is 20.4 Å². The molecule has 162 valence electrons. The van der Waals surface area contributed by atoms with Crippen molar-refractivity contribution in [2.75, 3.05) is 60.5 Å². The second kappa shape index (κ2) is 13.4. The van der Waals surface area contributed by atoms with Gasteiger partial charge in [-0.2, -0.15) is 0 Å². The van der Waals surface area contributed by atoms with Crippen molar-refractivity contribution in [2.45, 2.75) is 32.4 Å². The first-order valence-electron chi connectivity index (χ1n) is 9.97. The van der Waals surface area contributed by atoms with E-state index < -0.39 is 0 Å². The predicted molar refractivity (Wildman–Crippen MR) is 126 cm³/mol. The zero-order valence-corrected chi connectivity index (χ0v) is 20.3. The quantitative estimate of drug-likeness (QED) is 0.304. The molecule has 0 bridgehead atoms. The molecule has 28 heavy (non-hydrogen) atoms. The molecule has 1 fully saturated rings. The largest absolute Gasteiger partial charge is 0.468 e. The summed E-state index contributed by atoms with van der Waals surface area (Å²) < 4.78 is 11.1. The molecular formula is C20H38IN5O2. The summed E-state index contributed by atoms with van der Waals surface area (Å²) in [6, 6.07) is 4.59. The Hall–Kier alpha value is -0.840. The van der Waals surface area contributed by atoms with Crippen LogP contribution in [0.4, 0.5) is 0 Å². The molecule has 1 aliphatic heterocycles. The molecule has 0 amide bonds. The van der Waals surface area contributed by atoms with Crippen LogP contribution in [0.5, 0.6) is 0 Å². The number of aliphatic imine (C=N–C) groups is 1. The topological polar surface area (TPSA) is 65.3 Å². The first-order chi connectivity index (χ1) is 13.0. The summed E-state index contributed by atoms with van der Waals surface area (Å²) in [5.41, 5.74) is 0. The van der Waals surface area contributed by atoms with Gasteiger partial charge in [-0.1, -0.05) is 13.8 Å². The molecule has 0 radical (unpaired) electrons. The van der Waals surface area contributed by atoms with E-state index in [2.05, 4.69) is 53.4 Å². The Bertz CT molecular complexity index is 545. The molecule has 0 saturated carbocycles. The summed E-state index contributed by atoms with van der Waals surface area (Å²) in [7, 11) is 5.93. The van der Waals surface area contributed by atoms with E-state index in [-0.39, 0.29) is 30.0 Å². The fourth-order valence-corrected chi connectivity index (χ4v) is 3.50. The van der Waals surface area contributed by atoms with Crippen molar-refractivity contribution < 1.29 is 9.15 Å². The maximum absolute atomic E-state index is 5.58. The second-order valence-corrected chi connectivity index (χ2v) is 7.76. The van der Waals surface area contributed by atoms with Gasteiger partial charge >= 0.3 is 0 Å². The van der Waals surface area contributed by atoms with E-state index in [4.69, 9.17) is 9.15 Å². The maximum atomic E-state index is 5.58. The molecule has 8 heteroatoms. The lowest BCUT2D eigenvalue weighted by molar-refractivity contribution is 0.0132. The number of ether oxygens (including phenoxy) is 1. The number of hydrogen-bond donors (Lipinski definition) is 2. The second-order valence-electron chi connectivity index (χ2n) is 7.76. The molecule has 1 aromatic rings. The Balaban J connectivity index is 0.00000392. The smallest absolute Gasteiger partial charge is 0.191 e. The van der Waals surface area contributed by atoms with Gasteiger partial charge in [0.15, 0.2) is 5.96 Å². The van der Waals surface area contributed by atoms with Crippen molar-refractivity contribution in [1.29, 1.82) is 0 Å². The van der Waals surface area contributed by atoms with Gasteiger partial charge in [0.05, 0.1) is 25.5 Å². The van der Waals surface area contributed by atoms with Gasteiger partial charge in [-0.3, -0.25) is 14.8 Å².